The molecule has 9 heteroatoms. The molecule has 2 aliphatic rings. The zero-order valence-corrected chi connectivity index (χ0v) is 22.8. The number of ether oxygens (including phenoxy) is 3. The second-order valence-electron chi connectivity index (χ2n) is 10.3. The van der Waals surface area contributed by atoms with Gasteiger partial charge in [0.15, 0.2) is 17.3 Å². The molecule has 1 aliphatic heterocycles. The van der Waals surface area contributed by atoms with Gasteiger partial charge in [0.25, 0.3) is 5.91 Å². The molecule has 1 heterocycles. The fourth-order valence-corrected chi connectivity index (χ4v) is 5.47. The quantitative estimate of drug-likeness (QED) is 0.425. The first-order chi connectivity index (χ1) is 19.0. The molecule has 1 unspecified atom stereocenters. The van der Waals surface area contributed by atoms with Gasteiger partial charge < -0.3 is 24.6 Å². The van der Waals surface area contributed by atoms with Crippen molar-refractivity contribution in [2.24, 2.45) is 5.92 Å². The van der Waals surface area contributed by atoms with Crippen molar-refractivity contribution in [1.29, 1.82) is 0 Å². The highest BCUT2D eigenvalue weighted by atomic mass is 16.5. The first-order valence-corrected chi connectivity index (χ1v) is 12.9. The van der Waals surface area contributed by atoms with Gasteiger partial charge in [0.1, 0.15) is 45.7 Å². The third kappa shape index (κ3) is 4.09. The monoisotopic (exact) mass is 543 g/mol. The number of Topliss-reactive ketones (excluding diaryl/α,β-unsaturated/α-hetero) is 2. The number of nitrogens with one attached hydrogen (secondary N) is 1. The van der Waals surface area contributed by atoms with Crippen LogP contribution in [0, 0.1) is 5.92 Å². The molecule has 0 saturated heterocycles. The lowest BCUT2D eigenvalue weighted by atomic mass is 9.67. The largest absolute Gasteiger partial charge is 0.507 e. The molecule has 206 valence electrons. The Bertz CT molecular complexity index is 1640. The molecule has 2 N–H and O–H groups in total. The Morgan fingerprint density at radius 1 is 1.12 bits per heavy atom. The maximum atomic E-state index is 13.7. The summed E-state index contributed by atoms with van der Waals surface area (Å²) in [7, 11) is 1.33. The van der Waals surface area contributed by atoms with E-state index in [-0.39, 0.29) is 46.8 Å². The molecule has 0 bridgehead atoms. The molecule has 1 amide bonds. The number of aromatic hydroxyl groups is 1. The highest BCUT2D eigenvalue weighted by Gasteiger charge is 2.58. The normalized spacial score (nSPS) is 19.6. The van der Waals surface area contributed by atoms with Crippen molar-refractivity contribution in [3.63, 3.8) is 0 Å². The van der Waals surface area contributed by atoms with Crippen molar-refractivity contribution in [1.82, 2.24) is 5.32 Å². The van der Waals surface area contributed by atoms with Gasteiger partial charge in [-0.3, -0.25) is 19.2 Å². The SMILES string of the molecule is COc1cc(O)c2c(c1C(=O)NCc1c(OC(C)C)ccc3ccccc13)OC1=CC(=O)C(C(C)=O)C(=O)[C@]12C. The molecule has 0 saturated carbocycles. The third-order valence-electron chi connectivity index (χ3n) is 7.38. The van der Waals surface area contributed by atoms with Crippen LogP contribution in [-0.2, 0) is 26.3 Å². The van der Waals surface area contributed by atoms with E-state index in [1.54, 1.807) is 0 Å². The van der Waals surface area contributed by atoms with Crippen LogP contribution >= 0.6 is 0 Å². The first kappa shape index (κ1) is 26.9. The summed E-state index contributed by atoms with van der Waals surface area (Å²) in [6.45, 7) is 6.55. The van der Waals surface area contributed by atoms with E-state index in [2.05, 4.69) is 5.32 Å². The molecule has 40 heavy (non-hydrogen) atoms. The summed E-state index contributed by atoms with van der Waals surface area (Å²) in [6.07, 6.45) is 0.994. The third-order valence-corrected chi connectivity index (χ3v) is 7.38. The summed E-state index contributed by atoms with van der Waals surface area (Å²) >= 11 is 0. The fourth-order valence-electron chi connectivity index (χ4n) is 5.47. The van der Waals surface area contributed by atoms with Gasteiger partial charge in [0, 0.05) is 24.3 Å². The number of phenols is 1. The predicted octanol–water partition coefficient (Wildman–Crippen LogP) is 4.16. The van der Waals surface area contributed by atoms with Crippen LogP contribution in [0.2, 0.25) is 0 Å². The average molecular weight is 544 g/mol. The Balaban J connectivity index is 1.58. The fraction of sp³-hybridized carbons (Fsp3) is 0.290. The van der Waals surface area contributed by atoms with Crippen molar-refractivity contribution in [3.05, 3.63) is 71.0 Å². The number of allylic oxidation sites excluding steroid dienone is 2. The minimum Gasteiger partial charge on any atom is -0.507 e. The van der Waals surface area contributed by atoms with Crippen LogP contribution in [0.25, 0.3) is 10.8 Å². The van der Waals surface area contributed by atoms with Crippen LogP contribution in [0.5, 0.6) is 23.0 Å². The molecule has 0 radical (unpaired) electrons. The number of phenolic OH excluding ortho intramolecular Hbond substituents is 1. The van der Waals surface area contributed by atoms with E-state index >= 15 is 0 Å². The second-order valence-corrected chi connectivity index (χ2v) is 10.3. The number of carbonyl (C=O) groups excluding carboxylic acids is 4. The Morgan fingerprint density at radius 3 is 2.52 bits per heavy atom. The number of carbonyl (C=O) groups is 4. The molecule has 0 fully saturated rings. The highest BCUT2D eigenvalue weighted by molar-refractivity contribution is 6.27. The van der Waals surface area contributed by atoms with E-state index in [1.807, 2.05) is 50.2 Å². The summed E-state index contributed by atoms with van der Waals surface area (Å²) in [4.78, 5) is 52.0. The first-order valence-electron chi connectivity index (χ1n) is 12.9. The van der Waals surface area contributed by atoms with Gasteiger partial charge in [0.2, 0.25) is 0 Å². The number of hydrogen-bond acceptors (Lipinski definition) is 8. The number of fused-ring (bicyclic) bond motifs is 4. The Labute approximate surface area is 230 Å². The van der Waals surface area contributed by atoms with Crippen molar-refractivity contribution >= 4 is 34.0 Å². The molecule has 5 rings (SSSR count). The van der Waals surface area contributed by atoms with Crippen molar-refractivity contribution in [2.75, 3.05) is 7.11 Å². The van der Waals surface area contributed by atoms with Crippen LogP contribution in [0.1, 0.15) is 49.2 Å². The number of ketones is 3. The van der Waals surface area contributed by atoms with Gasteiger partial charge in [-0.2, -0.15) is 0 Å². The second kappa shape index (κ2) is 9.82. The standard InChI is InChI=1S/C31H29NO8/c1-15(2)39-22-11-10-17-8-6-7-9-18(17)19(22)14-32-30(37)26-23(38-5)12-21(35)27-28(26)40-24-13-20(34)25(16(3)33)29(36)31(24,27)4/h6-13,15,25,35H,14H2,1-5H3,(H,32,37)/t25?,31-/m1/s1. The molecule has 1 aliphatic carbocycles. The van der Waals surface area contributed by atoms with E-state index in [4.69, 9.17) is 14.2 Å². The summed E-state index contributed by atoms with van der Waals surface area (Å²) in [5, 5.41) is 15.7. The predicted molar refractivity (Wildman–Crippen MR) is 146 cm³/mol. The van der Waals surface area contributed by atoms with Gasteiger partial charge >= 0.3 is 0 Å². The van der Waals surface area contributed by atoms with Gasteiger partial charge in [-0.25, -0.2) is 0 Å². The number of hydrogen-bond donors (Lipinski definition) is 2. The Kier molecular flexibility index (Phi) is 6.61. The van der Waals surface area contributed by atoms with E-state index < -0.39 is 34.6 Å². The van der Waals surface area contributed by atoms with Gasteiger partial charge in [0.05, 0.1) is 18.8 Å². The number of methoxy groups -OCH3 is 1. The summed E-state index contributed by atoms with van der Waals surface area (Å²) in [5.74, 6) is -4.05. The summed E-state index contributed by atoms with van der Waals surface area (Å²) in [6, 6.07) is 12.8. The van der Waals surface area contributed by atoms with Gasteiger partial charge in [-0.05, 0) is 44.5 Å². The van der Waals surface area contributed by atoms with Crippen LogP contribution < -0.4 is 19.5 Å². The number of rotatable bonds is 7. The van der Waals surface area contributed by atoms with Crippen LogP contribution in [-0.4, -0.2) is 41.6 Å². The summed E-state index contributed by atoms with van der Waals surface area (Å²) in [5.41, 5.74) is -0.928. The van der Waals surface area contributed by atoms with Crippen LogP contribution in [0.4, 0.5) is 0 Å². The van der Waals surface area contributed by atoms with Crippen LogP contribution in [0.3, 0.4) is 0 Å². The van der Waals surface area contributed by atoms with Gasteiger partial charge in [-0.15, -0.1) is 0 Å². The Morgan fingerprint density at radius 2 is 1.85 bits per heavy atom. The molecular weight excluding hydrogens is 514 g/mol. The minimum absolute atomic E-state index is 0.00226. The molecule has 3 aromatic rings. The van der Waals surface area contributed by atoms with E-state index in [0.717, 1.165) is 29.3 Å². The average Bonchev–Trinajstić information content (AvgIpc) is 3.20. The Hall–Kier alpha value is -4.66. The molecule has 0 aromatic heterocycles. The minimum atomic E-state index is -1.64. The van der Waals surface area contributed by atoms with E-state index in [9.17, 15) is 24.3 Å². The zero-order valence-electron chi connectivity index (χ0n) is 22.8. The van der Waals surface area contributed by atoms with Crippen molar-refractivity contribution < 1.29 is 38.5 Å². The lowest BCUT2D eigenvalue weighted by Crippen LogP contribution is -2.47. The maximum absolute atomic E-state index is 13.7. The topological polar surface area (TPSA) is 128 Å². The maximum Gasteiger partial charge on any atom is 0.259 e. The molecular formula is C31H29NO8. The molecule has 0 spiro atoms. The molecule has 9 nitrogen and oxygen atoms in total. The molecule has 3 aromatic carbocycles. The van der Waals surface area contributed by atoms with Crippen molar-refractivity contribution in [2.45, 2.75) is 45.8 Å². The smallest absolute Gasteiger partial charge is 0.259 e. The van der Waals surface area contributed by atoms with Crippen molar-refractivity contribution in [3.8, 4) is 23.0 Å². The lowest BCUT2D eigenvalue weighted by molar-refractivity contribution is -0.140. The molecule has 2 atom stereocenters. The van der Waals surface area contributed by atoms with E-state index in [0.29, 0.717) is 5.75 Å². The van der Waals surface area contributed by atoms with Gasteiger partial charge in [-0.1, -0.05) is 30.3 Å². The summed E-state index contributed by atoms with van der Waals surface area (Å²) < 4.78 is 17.4. The number of amides is 1. The highest BCUT2D eigenvalue weighted by Crippen LogP contribution is 2.56. The van der Waals surface area contributed by atoms with E-state index in [1.165, 1.54) is 20.1 Å². The zero-order chi connectivity index (χ0) is 28.9. The van der Waals surface area contributed by atoms with Crippen LogP contribution in [0.15, 0.2) is 54.3 Å². The lowest BCUT2D eigenvalue weighted by Gasteiger charge is -2.30. The number of benzene rings is 3.